The van der Waals surface area contributed by atoms with Gasteiger partial charge in [-0.2, -0.15) is 0 Å². The number of benzene rings is 1. The molecule has 1 atom stereocenters. The van der Waals surface area contributed by atoms with E-state index in [1.54, 1.807) is 31.5 Å². The summed E-state index contributed by atoms with van der Waals surface area (Å²) in [6.07, 6.45) is 2.93. The molecule has 0 spiro atoms. The Morgan fingerprint density at radius 3 is 2.57 bits per heavy atom. The molecule has 6 nitrogen and oxygen atoms in total. The van der Waals surface area contributed by atoms with Crippen LogP contribution in [0.25, 0.3) is 10.9 Å². The number of nitrogens with one attached hydrogen (secondary N) is 1. The van der Waals surface area contributed by atoms with E-state index < -0.39 is 29.4 Å². The number of carbonyl (C=O) groups is 1. The van der Waals surface area contributed by atoms with Crippen LogP contribution in [-0.2, 0) is 10.4 Å². The fourth-order valence-corrected chi connectivity index (χ4v) is 4.75. The molecule has 2 N–H and O–H groups in total. The monoisotopic (exact) mass is 484 g/mol. The molecular formula is C26H27F3N4O2. The summed E-state index contributed by atoms with van der Waals surface area (Å²) in [7, 11) is 0. The molecule has 35 heavy (non-hydrogen) atoms. The Morgan fingerprint density at radius 1 is 1.17 bits per heavy atom. The summed E-state index contributed by atoms with van der Waals surface area (Å²) in [5.74, 6) is -0.607. The molecule has 0 bridgehead atoms. The van der Waals surface area contributed by atoms with Gasteiger partial charge in [0.15, 0.2) is 0 Å². The largest absolute Gasteiger partial charge is 0.383 e. The van der Waals surface area contributed by atoms with Gasteiger partial charge in [-0.3, -0.25) is 14.8 Å². The summed E-state index contributed by atoms with van der Waals surface area (Å²) in [5, 5.41) is 15.2. The maximum atomic E-state index is 14.7. The van der Waals surface area contributed by atoms with Crippen LogP contribution in [0.4, 0.5) is 18.9 Å². The molecule has 2 aliphatic rings. The number of halogens is 3. The zero-order chi connectivity index (χ0) is 24.7. The van der Waals surface area contributed by atoms with Crippen molar-refractivity contribution in [3.05, 3.63) is 65.4 Å². The van der Waals surface area contributed by atoms with Crippen LogP contribution < -0.4 is 5.32 Å². The van der Waals surface area contributed by atoms with Gasteiger partial charge in [0.25, 0.3) is 6.43 Å². The lowest BCUT2D eigenvalue weighted by atomic mass is 9.87. The second kappa shape index (κ2) is 9.11. The second-order valence-corrected chi connectivity index (χ2v) is 9.49. The van der Waals surface area contributed by atoms with Crippen LogP contribution >= 0.6 is 0 Å². The SMILES string of the molecule is C[C@@H](Nc1ccnc2cnc(C3(O)CCN(C(=O)C4CC4)CC3)cc12)c1cccc(C(F)F)c1F. The van der Waals surface area contributed by atoms with Crippen molar-refractivity contribution >= 4 is 22.5 Å². The molecule has 1 aliphatic heterocycles. The zero-order valence-electron chi connectivity index (χ0n) is 19.3. The summed E-state index contributed by atoms with van der Waals surface area (Å²) in [6, 6.07) is 6.87. The van der Waals surface area contributed by atoms with Crippen molar-refractivity contribution in [3.63, 3.8) is 0 Å². The summed E-state index contributed by atoms with van der Waals surface area (Å²) >= 11 is 0. The van der Waals surface area contributed by atoms with E-state index in [1.165, 1.54) is 12.1 Å². The molecule has 1 amide bonds. The first-order valence-electron chi connectivity index (χ1n) is 11.9. The quantitative estimate of drug-likeness (QED) is 0.509. The zero-order valence-corrected chi connectivity index (χ0v) is 19.3. The normalized spacial score (nSPS) is 18.6. The maximum Gasteiger partial charge on any atom is 0.266 e. The third kappa shape index (κ3) is 4.57. The lowest BCUT2D eigenvalue weighted by Gasteiger charge is -2.38. The number of rotatable bonds is 6. The summed E-state index contributed by atoms with van der Waals surface area (Å²) < 4.78 is 41.0. The lowest BCUT2D eigenvalue weighted by molar-refractivity contribution is -0.137. The van der Waals surface area contributed by atoms with Gasteiger partial charge in [0.1, 0.15) is 11.4 Å². The predicted octanol–water partition coefficient (Wildman–Crippen LogP) is 5.10. The number of aromatic nitrogens is 2. The highest BCUT2D eigenvalue weighted by molar-refractivity contribution is 5.91. The van der Waals surface area contributed by atoms with Crippen LogP contribution in [0.5, 0.6) is 0 Å². The van der Waals surface area contributed by atoms with Crippen LogP contribution in [-0.4, -0.2) is 39.0 Å². The van der Waals surface area contributed by atoms with Gasteiger partial charge >= 0.3 is 0 Å². The molecule has 1 aliphatic carbocycles. The Balaban J connectivity index is 1.40. The lowest BCUT2D eigenvalue weighted by Crippen LogP contribution is -2.46. The van der Waals surface area contributed by atoms with Gasteiger partial charge < -0.3 is 15.3 Å². The number of piperidine rings is 1. The average Bonchev–Trinajstić information content (AvgIpc) is 3.69. The summed E-state index contributed by atoms with van der Waals surface area (Å²) in [6.45, 7) is 2.64. The first-order chi connectivity index (χ1) is 16.8. The first-order valence-corrected chi connectivity index (χ1v) is 11.9. The van der Waals surface area contributed by atoms with E-state index in [0.717, 1.165) is 18.9 Å². The van der Waals surface area contributed by atoms with Gasteiger partial charge in [-0.05, 0) is 44.7 Å². The molecule has 3 aromatic rings. The van der Waals surface area contributed by atoms with Crippen LogP contribution in [0.1, 0.15) is 61.9 Å². The number of amides is 1. The molecular weight excluding hydrogens is 457 g/mol. The molecule has 0 radical (unpaired) electrons. The number of aliphatic hydroxyl groups is 1. The molecule has 2 fully saturated rings. The summed E-state index contributed by atoms with van der Waals surface area (Å²) in [5.41, 5.74) is 0.0170. The number of fused-ring (bicyclic) bond motifs is 1. The number of alkyl halides is 2. The van der Waals surface area contributed by atoms with Gasteiger partial charge in [0.05, 0.1) is 29.0 Å². The minimum absolute atomic E-state index is 0.133. The minimum Gasteiger partial charge on any atom is -0.383 e. The van der Waals surface area contributed by atoms with Crippen LogP contribution in [0.15, 0.2) is 42.7 Å². The Kier molecular flexibility index (Phi) is 6.13. The predicted molar refractivity (Wildman–Crippen MR) is 125 cm³/mol. The molecule has 0 unspecified atom stereocenters. The van der Waals surface area contributed by atoms with Crippen LogP contribution in [0.2, 0.25) is 0 Å². The Bertz CT molecular complexity index is 1260. The molecule has 1 aromatic carbocycles. The van der Waals surface area contributed by atoms with E-state index in [-0.39, 0.29) is 17.4 Å². The van der Waals surface area contributed by atoms with Crippen molar-refractivity contribution < 1.29 is 23.1 Å². The number of hydrogen-bond donors (Lipinski definition) is 2. The Morgan fingerprint density at radius 2 is 1.89 bits per heavy atom. The van der Waals surface area contributed by atoms with Gasteiger partial charge in [-0.25, -0.2) is 13.2 Å². The maximum absolute atomic E-state index is 14.7. The van der Waals surface area contributed by atoms with E-state index >= 15 is 0 Å². The van der Waals surface area contributed by atoms with E-state index in [1.807, 2.05) is 4.90 Å². The fraction of sp³-hybridized carbons (Fsp3) is 0.423. The Hall–Kier alpha value is -3.20. The number of likely N-dealkylation sites (tertiary alicyclic amines) is 1. The van der Waals surface area contributed by atoms with Crippen molar-refractivity contribution in [2.45, 2.75) is 50.7 Å². The third-order valence-corrected chi connectivity index (χ3v) is 7.07. The fourth-order valence-electron chi connectivity index (χ4n) is 4.75. The molecule has 1 saturated carbocycles. The number of pyridine rings is 2. The van der Waals surface area contributed by atoms with Gasteiger partial charge in [0, 0.05) is 41.8 Å². The number of carbonyl (C=O) groups excluding carboxylic acids is 1. The van der Waals surface area contributed by atoms with Gasteiger partial charge in [-0.1, -0.05) is 18.2 Å². The van der Waals surface area contributed by atoms with Crippen LogP contribution in [0, 0.1) is 11.7 Å². The van der Waals surface area contributed by atoms with Crippen molar-refractivity contribution in [2.24, 2.45) is 5.92 Å². The van der Waals surface area contributed by atoms with E-state index in [0.29, 0.717) is 48.2 Å². The summed E-state index contributed by atoms with van der Waals surface area (Å²) in [4.78, 5) is 23.0. The Labute approximate surface area is 201 Å². The van der Waals surface area contributed by atoms with Gasteiger partial charge in [0.2, 0.25) is 5.91 Å². The van der Waals surface area contributed by atoms with E-state index in [4.69, 9.17) is 0 Å². The smallest absolute Gasteiger partial charge is 0.266 e. The van der Waals surface area contributed by atoms with Gasteiger partial charge in [-0.15, -0.1) is 0 Å². The van der Waals surface area contributed by atoms with E-state index in [2.05, 4.69) is 15.3 Å². The average molecular weight is 485 g/mol. The molecule has 2 aromatic heterocycles. The number of anilines is 1. The molecule has 5 rings (SSSR count). The first kappa shape index (κ1) is 23.5. The standard InChI is InChI=1S/C26H27F3N4O2/c1-15(17-3-2-4-18(23(17)27)24(28)29)32-20-7-10-30-21-14-31-22(13-19(20)21)26(35)8-11-33(12-9-26)25(34)16-5-6-16/h2-4,7,10,13-16,24,35H,5-6,8-9,11-12H2,1H3,(H,30,32)/t15-/m1/s1. The molecule has 1 saturated heterocycles. The van der Waals surface area contributed by atoms with Crippen molar-refractivity contribution in [2.75, 3.05) is 18.4 Å². The van der Waals surface area contributed by atoms with Crippen molar-refractivity contribution in [3.8, 4) is 0 Å². The minimum atomic E-state index is -2.90. The van der Waals surface area contributed by atoms with Crippen molar-refractivity contribution in [1.29, 1.82) is 0 Å². The highest BCUT2D eigenvalue weighted by Gasteiger charge is 2.40. The third-order valence-electron chi connectivity index (χ3n) is 7.07. The second-order valence-electron chi connectivity index (χ2n) is 9.49. The highest BCUT2D eigenvalue weighted by Crippen LogP contribution is 2.38. The molecule has 9 heteroatoms. The number of nitrogens with zero attached hydrogens (tertiary/aromatic N) is 3. The molecule has 184 valence electrons. The van der Waals surface area contributed by atoms with E-state index in [9.17, 15) is 23.1 Å². The van der Waals surface area contributed by atoms with Crippen LogP contribution in [0.3, 0.4) is 0 Å². The highest BCUT2D eigenvalue weighted by atomic mass is 19.3. The topological polar surface area (TPSA) is 78.4 Å². The van der Waals surface area contributed by atoms with Crippen molar-refractivity contribution in [1.82, 2.24) is 14.9 Å². The number of hydrogen-bond acceptors (Lipinski definition) is 5. The molecule has 3 heterocycles.